The fourth-order valence-corrected chi connectivity index (χ4v) is 6.16. The molecule has 1 aliphatic heterocycles. The summed E-state index contributed by atoms with van der Waals surface area (Å²) >= 11 is 0. The van der Waals surface area contributed by atoms with Gasteiger partial charge < -0.3 is 19.5 Å². The number of anilines is 2. The number of unbranched alkanes of at least 4 members (excludes halogenated alkanes) is 1. The number of aryl methyl sites for hydroxylation is 4. The van der Waals surface area contributed by atoms with E-state index in [2.05, 4.69) is 61.1 Å². The predicted octanol–water partition coefficient (Wildman–Crippen LogP) is 6.13. The lowest BCUT2D eigenvalue weighted by Crippen LogP contribution is -2.60. The summed E-state index contributed by atoms with van der Waals surface area (Å²) in [5.41, 5.74) is 5.30. The summed E-state index contributed by atoms with van der Waals surface area (Å²) < 4.78 is 8.05. The van der Waals surface area contributed by atoms with E-state index in [-0.39, 0.29) is 6.03 Å². The Morgan fingerprint density at radius 1 is 1.00 bits per heavy atom. The molecule has 2 aromatic carbocycles. The van der Waals surface area contributed by atoms with Crippen molar-refractivity contribution in [2.45, 2.75) is 80.3 Å². The topological polar surface area (TPSA) is 106 Å². The third-order valence-electron chi connectivity index (χ3n) is 8.58. The van der Waals surface area contributed by atoms with Gasteiger partial charge in [0, 0.05) is 37.9 Å². The number of amides is 2. The standard InChI is InChI=1S/C35H47N9O2/c1-9-12-18-36-34(45)43(30-15-14-29(21-25(30)5)41(10-2)11-3)35(42-22-27(7)37-23-42)28(8)39-44-33(35)38-32(40-44)17-19-46-31-16-13-24(4)20-26(31)6/h13-16,20-23H,9-12,17-19H2,1-8H3,(H,36,45). The van der Waals surface area contributed by atoms with E-state index in [0.717, 1.165) is 59.9 Å². The quantitative estimate of drug-likeness (QED) is 0.179. The Labute approximate surface area is 272 Å². The highest BCUT2D eigenvalue weighted by Crippen LogP contribution is 2.41. The van der Waals surface area contributed by atoms with Crippen molar-refractivity contribution in [3.05, 3.63) is 83.0 Å². The van der Waals surface area contributed by atoms with Gasteiger partial charge in [0.15, 0.2) is 5.82 Å². The third-order valence-corrected chi connectivity index (χ3v) is 8.58. The second-order valence-corrected chi connectivity index (χ2v) is 12.0. The SMILES string of the molecule is CCCCNC(=O)N(c1ccc(N(CC)CC)cc1C)C1(n2cnc(C)c2)C(C)=Nn2nc(CCOc3ccc(C)cc3C)nc21. The van der Waals surface area contributed by atoms with Gasteiger partial charge in [0.25, 0.3) is 0 Å². The largest absolute Gasteiger partial charge is 0.493 e. The number of carbonyl (C=O) groups is 1. The number of carbonyl (C=O) groups excluding carboxylic acids is 1. The van der Waals surface area contributed by atoms with E-state index in [1.165, 1.54) is 5.56 Å². The minimum Gasteiger partial charge on any atom is -0.493 e. The van der Waals surface area contributed by atoms with Crippen LogP contribution in [-0.4, -0.2) is 62.4 Å². The van der Waals surface area contributed by atoms with Gasteiger partial charge in [0.1, 0.15) is 5.75 Å². The lowest BCUT2D eigenvalue weighted by Gasteiger charge is -2.41. The second-order valence-electron chi connectivity index (χ2n) is 12.0. The van der Waals surface area contributed by atoms with E-state index in [4.69, 9.17) is 19.9 Å². The minimum atomic E-state index is -1.25. The molecule has 244 valence electrons. The molecule has 2 aromatic heterocycles. The van der Waals surface area contributed by atoms with Crippen LogP contribution in [0, 0.1) is 27.7 Å². The summed E-state index contributed by atoms with van der Waals surface area (Å²) in [6.07, 6.45) is 5.98. The minimum absolute atomic E-state index is 0.246. The molecule has 0 aliphatic carbocycles. The first kappa shape index (κ1) is 32.7. The highest BCUT2D eigenvalue weighted by Gasteiger charge is 2.55. The van der Waals surface area contributed by atoms with Crippen molar-refractivity contribution in [1.82, 2.24) is 29.7 Å². The first-order valence-corrected chi connectivity index (χ1v) is 16.3. The van der Waals surface area contributed by atoms with Gasteiger partial charge in [-0.15, -0.1) is 9.89 Å². The molecule has 1 atom stereocenters. The first-order valence-electron chi connectivity index (χ1n) is 16.3. The molecule has 46 heavy (non-hydrogen) atoms. The zero-order chi connectivity index (χ0) is 33.0. The van der Waals surface area contributed by atoms with Crippen molar-refractivity contribution < 1.29 is 9.53 Å². The Balaban J connectivity index is 1.60. The molecule has 1 N–H and O–H groups in total. The molecular weight excluding hydrogens is 578 g/mol. The second kappa shape index (κ2) is 13.8. The lowest BCUT2D eigenvalue weighted by molar-refractivity contribution is 0.238. The van der Waals surface area contributed by atoms with Crippen LogP contribution in [0.3, 0.4) is 0 Å². The number of nitrogens with one attached hydrogen (secondary N) is 1. The third kappa shape index (κ3) is 6.10. The average Bonchev–Trinajstić information content (AvgIpc) is 3.70. The summed E-state index contributed by atoms with van der Waals surface area (Å²) in [6.45, 7) is 19.1. The van der Waals surface area contributed by atoms with E-state index in [1.807, 2.05) is 56.7 Å². The highest BCUT2D eigenvalue weighted by molar-refractivity contribution is 6.06. The van der Waals surface area contributed by atoms with E-state index in [1.54, 1.807) is 16.0 Å². The van der Waals surface area contributed by atoms with Crippen LogP contribution >= 0.6 is 0 Å². The summed E-state index contributed by atoms with van der Waals surface area (Å²) in [5, 5.41) is 12.8. The van der Waals surface area contributed by atoms with Gasteiger partial charge in [-0.25, -0.2) is 14.8 Å². The first-order chi connectivity index (χ1) is 22.1. The van der Waals surface area contributed by atoms with E-state index in [9.17, 15) is 4.79 Å². The Hall–Kier alpha value is -4.67. The highest BCUT2D eigenvalue weighted by atomic mass is 16.5. The van der Waals surface area contributed by atoms with E-state index in [0.29, 0.717) is 36.9 Å². The Morgan fingerprint density at radius 2 is 1.78 bits per heavy atom. The van der Waals surface area contributed by atoms with Crippen molar-refractivity contribution in [2.75, 3.05) is 36.0 Å². The lowest BCUT2D eigenvalue weighted by atomic mass is 9.99. The molecule has 0 fully saturated rings. The molecule has 11 nitrogen and oxygen atoms in total. The molecule has 0 saturated heterocycles. The maximum Gasteiger partial charge on any atom is 0.324 e. The number of urea groups is 1. The van der Waals surface area contributed by atoms with Crippen LogP contribution in [0.15, 0.2) is 54.0 Å². The molecule has 3 heterocycles. The Morgan fingerprint density at radius 3 is 2.43 bits per heavy atom. The molecular formula is C35H47N9O2. The summed E-state index contributed by atoms with van der Waals surface area (Å²) in [7, 11) is 0. The van der Waals surface area contributed by atoms with Crippen LogP contribution in [0.5, 0.6) is 5.75 Å². The van der Waals surface area contributed by atoms with E-state index >= 15 is 0 Å². The van der Waals surface area contributed by atoms with E-state index < -0.39 is 5.66 Å². The average molecular weight is 626 g/mol. The van der Waals surface area contributed by atoms with Crippen LogP contribution in [-0.2, 0) is 12.1 Å². The van der Waals surface area contributed by atoms with Crippen LogP contribution in [0.25, 0.3) is 0 Å². The van der Waals surface area contributed by atoms with Crippen LogP contribution in [0.2, 0.25) is 0 Å². The monoisotopic (exact) mass is 625 g/mol. The molecule has 0 radical (unpaired) electrons. The molecule has 2 amide bonds. The normalized spacial score (nSPS) is 15.4. The van der Waals surface area contributed by atoms with Gasteiger partial charge in [-0.2, -0.15) is 5.10 Å². The molecule has 0 saturated carbocycles. The van der Waals surface area contributed by atoms with Gasteiger partial charge in [0.05, 0.1) is 30.0 Å². The maximum absolute atomic E-state index is 14.5. The maximum atomic E-state index is 14.5. The Bertz CT molecular complexity index is 1720. The summed E-state index contributed by atoms with van der Waals surface area (Å²) in [5.74, 6) is 1.94. The summed E-state index contributed by atoms with van der Waals surface area (Å²) in [6, 6.07) is 12.1. The smallest absolute Gasteiger partial charge is 0.324 e. The van der Waals surface area contributed by atoms with Crippen molar-refractivity contribution in [2.24, 2.45) is 5.10 Å². The zero-order valence-electron chi connectivity index (χ0n) is 28.5. The van der Waals surface area contributed by atoms with Crippen LogP contribution in [0.4, 0.5) is 16.2 Å². The van der Waals surface area contributed by atoms with Crippen molar-refractivity contribution in [3.63, 3.8) is 0 Å². The molecule has 0 bridgehead atoms. The van der Waals surface area contributed by atoms with Crippen LogP contribution < -0.4 is 19.9 Å². The number of ether oxygens (including phenoxy) is 1. The summed E-state index contributed by atoms with van der Waals surface area (Å²) in [4.78, 5) is 29.7. The fraction of sp³-hybridized carbons (Fsp3) is 0.457. The van der Waals surface area contributed by atoms with Crippen molar-refractivity contribution in [1.29, 1.82) is 0 Å². The number of nitrogens with zero attached hydrogens (tertiary/aromatic N) is 8. The number of hydrogen-bond donors (Lipinski definition) is 1. The number of fused-ring (bicyclic) bond motifs is 1. The molecule has 1 aliphatic rings. The predicted molar refractivity (Wildman–Crippen MR) is 183 cm³/mol. The molecule has 4 aromatic rings. The van der Waals surface area contributed by atoms with Gasteiger partial charge >= 0.3 is 6.03 Å². The molecule has 1 unspecified atom stereocenters. The van der Waals surface area contributed by atoms with Gasteiger partial charge in [-0.3, -0.25) is 4.90 Å². The van der Waals surface area contributed by atoms with Gasteiger partial charge in [-0.05, 0) is 90.3 Å². The Kier molecular flexibility index (Phi) is 9.79. The number of aromatic nitrogens is 5. The molecule has 11 heteroatoms. The number of rotatable bonds is 13. The van der Waals surface area contributed by atoms with Crippen molar-refractivity contribution >= 4 is 23.1 Å². The number of imidazole rings is 1. The fourth-order valence-electron chi connectivity index (χ4n) is 6.16. The number of hydrogen-bond acceptors (Lipinski definition) is 7. The van der Waals surface area contributed by atoms with Crippen molar-refractivity contribution in [3.8, 4) is 5.75 Å². The molecule has 0 spiro atoms. The number of benzene rings is 2. The molecule has 5 rings (SSSR count). The van der Waals surface area contributed by atoms with Gasteiger partial charge in [0.2, 0.25) is 11.5 Å². The zero-order valence-corrected chi connectivity index (χ0v) is 28.5. The van der Waals surface area contributed by atoms with Gasteiger partial charge in [-0.1, -0.05) is 31.0 Å². The van der Waals surface area contributed by atoms with Crippen LogP contribution in [0.1, 0.15) is 74.6 Å².